The summed E-state index contributed by atoms with van der Waals surface area (Å²) in [5.74, 6) is 0.864. The quantitative estimate of drug-likeness (QED) is 0.821. The highest BCUT2D eigenvalue weighted by Crippen LogP contribution is 2.13. The molecule has 19 heavy (non-hydrogen) atoms. The number of carbonyl (C=O) groups is 2. The van der Waals surface area contributed by atoms with E-state index in [-0.39, 0.29) is 29.6 Å². The lowest BCUT2D eigenvalue weighted by atomic mass is 10.2. The van der Waals surface area contributed by atoms with Gasteiger partial charge in [0.15, 0.2) is 0 Å². The van der Waals surface area contributed by atoms with Crippen LogP contribution < -0.4 is 5.32 Å². The van der Waals surface area contributed by atoms with Crippen molar-refractivity contribution in [2.45, 2.75) is 39.2 Å². The van der Waals surface area contributed by atoms with Gasteiger partial charge in [0, 0.05) is 32.0 Å². The largest absolute Gasteiger partial charge is 0.352 e. The number of hydrogen-bond donors (Lipinski definition) is 2. The molecule has 1 aliphatic rings. The number of rotatable bonds is 3. The summed E-state index contributed by atoms with van der Waals surface area (Å²) < 4.78 is 0. The monoisotopic (exact) mass is 265 g/mol. The molecular weight excluding hydrogens is 246 g/mol. The molecule has 1 unspecified atom stereocenters. The smallest absolute Gasteiger partial charge is 0.293 e. The fourth-order valence-corrected chi connectivity index (χ4v) is 2.12. The highest BCUT2D eigenvalue weighted by molar-refractivity contribution is 5.90. The number of nitrogens with zero attached hydrogens (tertiary/aromatic N) is 3. The molecule has 0 radical (unpaired) electrons. The van der Waals surface area contributed by atoms with Crippen molar-refractivity contribution in [3.05, 3.63) is 11.6 Å². The van der Waals surface area contributed by atoms with Crippen molar-refractivity contribution in [2.24, 2.45) is 0 Å². The minimum absolute atomic E-state index is 0.0324. The van der Waals surface area contributed by atoms with Gasteiger partial charge in [-0.1, -0.05) is 13.8 Å². The predicted molar refractivity (Wildman–Crippen MR) is 68.6 cm³/mol. The van der Waals surface area contributed by atoms with E-state index in [1.165, 1.54) is 6.92 Å². The van der Waals surface area contributed by atoms with Crippen LogP contribution in [-0.2, 0) is 4.79 Å². The molecule has 104 valence electrons. The average molecular weight is 265 g/mol. The number of carbonyl (C=O) groups excluding carboxylic acids is 2. The molecule has 7 nitrogen and oxygen atoms in total. The summed E-state index contributed by atoms with van der Waals surface area (Å²) in [5, 5.41) is 9.55. The molecule has 7 heteroatoms. The topological polar surface area (TPSA) is 91.0 Å². The van der Waals surface area contributed by atoms with Crippen molar-refractivity contribution < 1.29 is 9.59 Å². The molecule has 1 saturated heterocycles. The van der Waals surface area contributed by atoms with Gasteiger partial charge in [0.05, 0.1) is 0 Å². The minimum atomic E-state index is -0.184. The van der Waals surface area contributed by atoms with Crippen molar-refractivity contribution in [3.63, 3.8) is 0 Å². The minimum Gasteiger partial charge on any atom is -0.352 e. The third kappa shape index (κ3) is 3.10. The van der Waals surface area contributed by atoms with Crippen LogP contribution in [0, 0.1) is 0 Å². The third-order valence-corrected chi connectivity index (χ3v) is 3.12. The van der Waals surface area contributed by atoms with Crippen LogP contribution in [0.15, 0.2) is 0 Å². The standard InChI is InChI=1S/C12H19N5O2/c1-7(2)10-14-11(16-15-10)12(19)17-5-4-9(6-17)13-8(3)18/h7,9H,4-6H2,1-3H3,(H,13,18)(H,14,15,16). The number of nitrogens with one attached hydrogen (secondary N) is 2. The molecule has 0 bridgehead atoms. The maximum Gasteiger partial charge on any atom is 0.293 e. The van der Waals surface area contributed by atoms with Gasteiger partial charge in [0.25, 0.3) is 5.91 Å². The Labute approximate surface area is 111 Å². The average Bonchev–Trinajstić information content (AvgIpc) is 2.95. The Bertz CT molecular complexity index is 482. The van der Waals surface area contributed by atoms with Crippen LogP contribution in [0.5, 0.6) is 0 Å². The first kappa shape index (κ1) is 13.5. The van der Waals surface area contributed by atoms with E-state index in [0.29, 0.717) is 18.9 Å². The number of hydrogen-bond acceptors (Lipinski definition) is 4. The zero-order chi connectivity index (χ0) is 14.0. The van der Waals surface area contributed by atoms with Gasteiger partial charge in [0.1, 0.15) is 5.82 Å². The summed E-state index contributed by atoms with van der Waals surface area (Å²) >= 11 is 0. The van der Waals surface area contributed by atoms with Crippen molar-refractivity contribution in [1.29, 1.82) is 0 Å². The first-order chi connectivity index (χ1) is 8.97. The zero-order valence-electron chi connectivity index (χ0n) is 11.4. The van der Waals surface area contributed by atoms with Crippen LogP contribution in [-0.4, -0.2) is 51.0 Å². The van der Waals surface area contributed by atoms with Gasteiger partial charge in [0.2, 0.25) is 11.7 Å². The third-order valence-electron chi connectivity index (χ3n) is 3.12. The second kappa shape index (κ2) is 5.38. The number of aromatic nitrogens is 3. The van der Waals surface area contributed by atoms with Crippen LogP contribution in [0.2, 0.25) is 0 Å². The van der Waals surface area contributed by atoms with E-state index in [1.807, 2.05) is 13.8 Å². The lowest BCUT2D eigenvalue weighted by Crippen LogP contribution is -2.37. The van der Waals surface area contributed by atoms with Crippen LogP contribution in [0.3, 0.4) is 0 Å². The Balaban J connectivity index is 1.98. The van der Waals surface area contributed by atoms with Crippen molar-refractivity contribution in [3.8, 4) is 0 Å². The molecule has 0 aliphatic carbocycles. The first-order valence-corrected chi connectivity index (χ1v) is 6.46. The summed E-state index contributed by atoms with van der Waals surface area (Å²) in [6.45, 7) is 6.59. The summed E-state index contributed by atoms with van der Waals surface area (Å²) in [6.07, 6.45) is 0.771. The van der Waals surface area contributed by atoms with E-state index < -0.39 is 0 Å². The Hall–Kier alpha value is -1.92. The second-order valence-electron chi connectivity index (χ2n) is 5.14. The summed E-state index contributed by atoms with van der Waals surface area (Å²) in [7, 11) is 0. The van der Waals surface area contributed by atoms with E-state index in [0.717, 1.165) is 6.42 Å². The molecule has 1 atom stereocenters. The molecule has 1 aliphatic heterocycles. The van der Waals surface area contributed by atoms with Gasteiger partial charge in [-0.25, -0.2) is 4.98 Å². The van der Waals surface area contributed by atoms with Gasteiger partial charge < -0.3 is 10.2 Å². The Morgan fingerprint density at radius 1 is 1.47 bits per heavy atom. The Morgan fingerprint density at radius 3 is 2.79 bits per heavy atom. The van der Waals surface area contributed by atoms with Crippen molar-refractivity contribution in [1.82, 2.24) is 25.4 Å². The van der Waals surface area contributed by atoms with Crippen molar-refractivity contribution in [2.75, 3.05) is 13.1 Å². The van der Waals surface area contributed by atoms with Crippen LogP contribution in [0.4, 0.5) is 0 Å². The first-order valence-electron chi connectivity index (χ1n) is 6.46. The second-order valence-corrected chi connectivity index (χ2v) is 5.14. The number of likely N-dealkylation sites (tertiary alicyclic amines) is 1. The Kier molecular flexibility index (Phi) is 3.82. The number of H-pyrrole nitrogens is 1. The van der Waals surface area contributed by atoms with Gasteiger partial charge in [-0.05, 0) is 6.42 Å². The van der Waals surface area contributed by atoms with Gasteiger partial charge in [-0.15, -0.1) is 5.10 Å². The van der Waals surface area contributed by atoms with Crippen LogP contribution in [0.25, 0.3) is 0 Å². The summed E-state index contributed by atoms with van der Waals surface area (Å²) in [4.78, 5) is 29.0. The fraction of sp³-hybridized carbons (Fsp3) is 0.667. The predicted octanol–water partition coefficient (Wildman–Crippen LogP) is 0.279. The lowest BCUT2D eigenvalue weighted by molar-refractivity contribution is -0.119. The fourth-order valence-electron chi connectivity index (χ4n) is 2.12. The molecular formula is C12H19N5O2. The van der Waals surface area contributed by atoms with Crippen LogP contribution in [0.1, 0.15) is 49.6 Å². The van der Waals surface area contributed by atoms with Crippen LogP contribution >= 0.6 is 0 Å². The van der Waals surface area contributed by atoms with Gasteiger partial charge >= 0.3 is 0 Å². The summed E-state index contributed by atoms with van der Waals surface area (Å²) in [6, 6.07) is 0.0324. The van der Waals surface area contributed by atoms with Gasteiger partial charge in [-0.2, -0.15) is 0 Å². The highest BCUT2D eigenvalue weighted by atomic mass is 16.2. The highest BCUT2D eigenvalue weighted by Gasteiger charge is 2.29. The van der Waals surface area contributed by atoms with E-state index in [4.69, 9.17) is 0 Å². The molecule has 1 fully saturated rings. The van der Waals surface area contributed by atoms with E-state index in [1.54, 1.807) is 4.90 Å². The molecule has 1 aromatic heterocycles. The number of amides is 2. The molecule has 2 N–H and O–H groups in total. The molecule has 0 aromatic carbocycles. The maximum atomic E-state index is 12.2. The normalized spacial score (nSPS) is 18.9. The molecule has 1 aromatic rings. The zero-order valence-corrected chi connectivity index (χ0v) is 11.4. The lowest BCUT2D eigenvalue weighted by Gasteiger charge is -2.14. The van der Waals surface area contributed by atoms with E-state index in [2.05, 4.69) is 20.5 Å². The maximum absolute atomic E-state index is 12.2. The SMILES string of the molecule is CC(=O)NC1CCN(C(=O)c2n[nH]c(C(C)C)n2)C1. The van der Waals surface area contributed by atoms with E-state index >= 15 is 0 Å². The van der Waals surface area contributed by atoms with Crippen molar-refractivity contribution >= 4 is 11.8 Å². The number of aromatic amines is 1. The Morgan fingerprint density at radius 2 is 2.21 bits per heavy atom. The molecule has 2 rings (SSSR count). The van der Waals surface area contributed by atoms with E-state index in [9.17, 15) is 9.59 Å². The van der Waals surface area contributed by atoms with Gasteiger partial charge in [-0.3, -0.25) is 14.7 Å². The molecule has 0 saturated carbocycles. The molecule has 2 heterocycles. The summed E-state index contributed by atoms with van der Waals surface area (Å²) in [5.41, 5.74) is 0. The molecule has 2 amide bonds. The molecule has 0 spiro atoms.